The van der Waals surface area contributed by atoms with Crippen molar-refractivity contribution in [3.63, 3.8) is 0 Å². The summed E-state index contributed by atoms with van der Waals surface area (Å²) >= 11 is 5.87. The largest absolute Gasteiger partial charge is 0.445 e. The topological polar surface area (TPSA) is 113 Å². The molecule has 0 aliphatic carbocycles. The molecule has 2 aliphatic heterocycles. The van der Waals surface area contributed by atoms with Crippen molar-refractivity contribution in [2.24, 2.45) is 0 Å². The molecule has 0 saturated carbocycles. The van der Waals surface area contributed by atoms with Crippen LogP contribution in [0.3, 0.4) is 0 Å². The van der Waals surface area contributed by atoms with Crippen LogP contribution in [0.1, 0.15) is 32.3 Å². The number of rotatable bonds is 9. The highest BCUT2D eigenvalue weighted by atomic mass is 35.5. The zero-order valence-electron chi connectivity index (χ0n) is 17.8. The third kappa shape index (κ3) is 6.20. The number of nitrogens with zero attached hydrogens (tertiary/aromatic N) is 4. The van der Waals surface area contributed by atoms with Crippen LogP contribution >= 0.6 is 11.6 Å². The van der Waals surface area contributed by atoms with E-state index in [2.05, 4.69) is 15.6 Å². The molecule has 2 atom stereocenters. The van der Waals surface area contributed by atoms with Gasteiger partial charge in [-0.15, -0.1) is 0 Å². The maximum Gasteiger partial charge on any atom is 0.407 e. The van der Waals surface area contributed by atoms with Crippen LogP contribution in [0.2, 0.25) is 5.15 Å². The molecule has 2 unspecified atom stereocenters. The predicted molar refractivity (Wildman–Crippen MR) is 116 cm³/mol. The van der Waals surface area contributed by atoms with Crippen molar-refractivity contribution in [1.82, 2.24) is 25.4 Å². The summed E-state index contributed by atoms with van der Waals surface area (Å²) in [6.45, 7) is 6.12. The molecular weight excluding hydrogens is 424 g/mol. The molecule has 0 spiro atoms. The smallest absolute Gasteiger partial charge is 0.407 e. The summed E-state index contributed by atoms with van der Waals surface area (Å²) in [6, 6.07) is 3.70. The summed E-state index contributed by atoms with van der Waals surface area (Å²) in [5.74, 6) is 0.569. The van der Waals surface area contributed by atoms with Crippen LogP contribution in [0, 0.1) is 10.1 Å². The number of aromatic nitrogens is 1. The normalized spacial score (nSPS) is 19.6. The molecule has 1 saturated heterocycles. The van der Waals surface area contributed by atoms with Gasteiger partial charge >= 0.3 is 6.09 Å². The fraction of sp³-hybridized carbons (Fsp3) is 0.600. The van der Waals surface area contributed by atoms with Crippen molar-refractivity contribution < 1.29 is 14.5 Å². The number of carbonyl (C=O) groups is 1. The number of hydrogen-bond donors (Lipinski definition) is 2. The van der Waals surface area contributed by atoms with Gasteiger partial charge in [0.15, 0.2) is 5.82 Å². The molecule has 2 aliphatic rings. The van der Waals surface area contributed by atoms with E-state index in [9.17, 15) is 14.9 Å². The Kier molecular flexibility index (Phi) is 7.91. The lowest BCUT2D eigenvalue weighted by Crippen LogP contribution is -2.50. The number of fused-ring (bicyclic) bond motifs is 1. The second-order valence-corrected chi connectivity index (χ2v) is 8.29. The van der Waals surface area contributed by atoms with Gasteiger partial charge in [0.2, 0.25) is 0 Å². The standard InChI is InChI=1S/C20H29ClN6O4/c1-3-4-7-22-20(28)31-14(2)11-25-12-17(27(29)30)19-24-10-16(26(19)13-25)8-15-5-6-18(21)23-9-15/h5-6,9,14,16,24H,3-4,7-8,10-13H2,1-2H3,(H,22,28). The molecule has 3 heterocycles. The number of nitrogens with one attached hydrogen (secondary N) is 2. The second-order valence-electron chi connectivity index (χ2n) is 7.90. The Morgan fingerprint density at radius 3 is 3.00 bits per heavy atom. The van der Waals surface area contributed by atoms with Crippen LogP contribution in [0.4, 0.5) is 4.79 Å². The summed E-state index contributed by atoms with van der Waals surface area (Å²) in [5.41, 5.74) is 1.14. The lowest BCUT2D eigenvalue weighted by Gasteiger charge is -2.36. The van der Waals surface area contributed by atoms with Gasteiger partial charge in [0.1, 0.15) is 11.3 Å². The molecule has 3 rings (SSSR count). The molecule has 0 radical (unpaired) electrons. The van der Waals surface area contributed by atoms with E-state index in [0.717, 1.165) is 18.4 Å². The zero-order valence-corrected chi connectivity index (χ0v) is 18.6. The van der Waals surface area contributed by atoms with Crippen LogP contribution in [0.25, 0.3) is 0 Å². The first kappa shape index (κ1) is 23.1. The third-order valence-corrected chi connectivity index (χ3v) is 5.56. The average Bonchev–Trinajstić information content (AvgIpc) is 3.11. The first-order valence-corrected chi connectivity index (χ1v) is 10.9. The highest BCUT2D eigenvalue weighted by Gasteiger charge is 2.40. The van der Waals surface area contributed by atoms with E-state index < -0.39 is 12.2 Å². The minimum atomic E-state index is -0.459. The molecule has 11 heteroatoms. The molecule has 10 nitrogen and oxygen atoms in total. The number of hydrogen-bond acceptors (Lipinski definition) is 8. The van der Waals surface area contributed by atoms with Gasteiger partial charge in [-0.1, -0.05) is 31.0 Å². The molecule has 170 valence electrons. The van der Waals surface area contributed by atoms with E-state index in [-0.39, 0.29) is 23.2 Å². The second kappa shape index (κ2) is 10.6. The molecule has 2 N–H and O–H groups in total. The monoisotopic (exact) mass is 452 g/mol. The quantitative estimate of drug-likeness (QED) is 0.254. The zero-order chi connectivity index (χ0) is 22.4. The Balaban J connectivity index is 1.63. The number of alkyl carbamates (subject to hydrolysis) is 1. The highest BCUT2D eigenvalue weighted by Crippen LogP contribution is 2.26. The van der Waals surface area contributed by atoms with Crippen LogP contribution in [-0.2, 0) is 11.2 Å². The molecule has 31 heavy (non-hydrogen) atoms. The summed E-state index contributed by atoms with van der Waals surface area (Å²) in [7, 11) is 0. The van der Waals surface area contributed by atoms with Gasteiger partial charge < -0.3 is 20.3 Å². The Hall–Kier alpha value is -2.59. The molecule has 0 aromatic carbocycles. The summed E-state index contributed by atoms with van der Waals surface area (Å²) in [5, 5.41) is 18.0. The predicted octanol–water partition coefficient (Wildman–Crippen LogP) is 2.19. The summed E-state index contributed by atoms with van der Waals surface area (Å²) in [4.78, 5) is 31.3. The third-order valence-electron chi connectivity index (χ3n) is 5.34. The summed E-state index contributed by atoms with van der Waals surface area (Å²) < 4.78 is 5.41. The van der Waals surface area contributed by atoms with Crippen molar-refractivity contribution in [1.29, 1.82) is 0 Å². The van der Waals surface area contributed by atoms with E-state index >= 15 is 0 Å². The van der Waals surface area contributed by atoms with Crippen LogP contribution in [0.5, 0.6) is 0 Å². The van der Waals surface area contributed by atoms with Crippen molar-refractivity contribution >= 4 is 17.7 Å². The van der Waals surface area contributed by atoms with Gasteiger partial charge in [-0.25, -0.2) is 9.78 Å². The molecule has 1 aromatic heterocycles. The molecule has 1 fully saturated rings. The molecular formula is C20H29ClN6O4. The maximum absolute atomic E-state index is 11.9. The van der Waals surface area contributed by atoms with Crippen molar-refractivity contribution in [2.45, 2.75) is 45.3 Å². The van der Waals surface area contributed by atoms with Gasteiger partial charge in [-0.3, -0.25) is 15.0 Å². The maximum atomic E-state index is 11.9. The van der Waals surface area contributed by atoms with Gasteiger partial charge in [-0.05, 0) is 31.4 Å². The lowest BCUT2D eigenvalue weighted by atomic mass is 10.1. The van der Waals surface area contributed by atoms with Gasteiger partial charge in [0, 0.05) is 25.8 Å². The van der Waals surface area contributed by atoms with Gasteiger partial charge in [0.05, 0.1) is 24.2 Å². The Morgan fingerprint density at radius 1 is 1.52 bits per heavy atom. The van der Waals surface area contributed by atoms with Crippen LogP contribution < -0.4 is 10.6 Å². The first-order chi connectivity index (χ1) is 14.9. The number of carbonyl (C=O) groups excluding carboxylic acids is 1. The SMILES string of the molecule is CCCCNC(=O)OC(C)CN1CC([N+](=O)[O-])=C2NCC(Cc3ccc(Cl)nc3)N2C1. The number of nitro groups is 1. The van der Waals surface area contributed by atoms with E-state index in [1.165, 1.54) is 0 Å². The number of pyridine rings is 1. The van der Waals surface area contributed by atoms with E-state index in [0.29, 0.717) is 43.7 Å². The molecule has 1 aromatic rings. The number of unbranched alkanes of at least 4 members (excludes halogenated alkanes) is 1. The fourth-order valence-electron chi connectivity index (χ4n) is 3.86. The Morgan fingerprint density at radius 2 is 2.32 bits per heavy atom. The first-order valence-electron chi connectivity index (χ1n) is 10.5. The van der Waals surface area contributed by atoms with E-state index in [4.69, 9.17) is 16.3 Å². The lowest BCUT2D eigenvalue weighted by molar-refractivity contribution is -0.432. The average molecular weight is 453 g/mol. The Bertz CT molecular complexity index is 818. The minimum absolute atomic E-state index is 0.0456. The number of halogens is 1. The van der Waals surface area contributed by atoms with E-state index in [1.54, 1.807) is 19.2 Å². The van der Waals surface area contributed by atoms with E-state index in [1.807, 2.05) is 22.8 Å². The molecule has 1 amide bonds. The highest BCUT2D eigenvalue weighted by molar-refractivity contribution is 6.29. The summed E-state index contributed by atoms with van der Waals surface area (Å²) in [6.07, 6.45) is 3.44. The Labute approximate surface area is 186 Å². The van der Waals surface area contributed by atoms with Crippen molar-refractivity contribution in [3.8, 4) is 0 Å². The van der Waals surface area contributed by atoms with Gasteiger partial charge in [-0.2, -0.15) is 0 Å². The van der Waals surface area contributed by atoms with Gasteiger partial charge in [0.25, 0.3) is 5.70 Å². The minimum Gasteiger partial charge on any atom is -0.445 e. The van der Waals surface area contributed by atoms with Crippen molar-refractivity contribution in [2.75, 3.05) is 32.8 Å². The number of amides is 1. The molecule has 0 bridgehead atoms. The fourth-order valence-corrected chi connectivity index (χ4v) is 3.97. The van der Waals surface area contributed by atoms with Crippen LogP contribution in [0.15, 0.2) is 29.8 Å². The van der Waals surface area contributed by atoms with Crippen LogP contribution in [-0.4, -0.2) is 70.8 Å². The number of ether oxygens (including phenoxy) is 1. The van der Waals surface area contributed by atoms with Crippen molar-refractivity contribution in [3.05, 3.63) is 50.7 Å².